The number of fused-ring (bicyclic) bond motifs is 1. The molecule has 0 bridgehead atoms. The fraction of sp³-hybridized carbons (Fsp3) is 0.385. The molecule has 0 fully saturated rings. The second kappa shape index (κ2) is 5.14. The molecule has 3 rings (SSSR count). The van der Waals surface area contributed by atoms with E-state index in [1.54, 1.807) is 11.3 Å². The van der Waals surface area contributed by atoms with Crippen LogP contribution in [-0.2, 0) is 6.54 Å². The number of rotatable bonds is 4. The Morgan fingerprint density at radius 1 is 1.32 bits per heavy atom. The minimum atomic E-state index is 0.221. The van der Waals surface area contributed by atoms with Crippen molar-refractivity contribution in [2.45, 2.75) is 26.4 Å². The van der Waals surface area contributed by atoms with Gasteiger partial charge in [-0.1, -0.05) is 6.07 Å². The molecule has 0 saturated heterocycles. The van der Waals surface area contributed by atoms with Gasteiger partial charge >= 0.3 is 0 Å². The number of aryl methyl sites for hydroxylation is 1. The number of aromatic nitrogens is 2. The molecule has 5 nitrogen and oxygen atoms in total. The summed E-state index contributed by atoms with van der Waals surface area (Å²) in [5.74, 6) is 1.63. The van der Waals surface area contributed by atoms with Gasteiger partial charge in [0.05, 0.1) is 6.54 Å². The number of nitrogens with zero attached hydrogens (tertiary/aromatic N) is 2. The highest BCUT2D eigenvalue weighted by molar-refractivity contribution is 7.11. The van der Waals surface area contributed by atoms with E-state index < -0.39 is 0 Å². The molecule has 1 aromatic heterocycles. The van der Waals surface area contributed by atoms with E-state index in [-0.39, 0.29) is 6.04 Å². The largest absolute Gasteiger partial charge is 0.454 e. The molecule has 2 heterocycles. The maximum atomic E-state index is 5.39. The van der Waals surface area contributed by atoms with Crippen LogP contribution < -0.4 is 14.8 Å². The van der Waals surface area contributed by atoms with Crippen molar-refractivity contribution >= 4 is 11.3 Å². The lowest BCUT2D eigenvalue weighted by atomic mass is 10.1. The van der Waals surface area contributed by atoms with Gasteiger partial charge in [0.25, 0.3) is 0 Å². The highest BCUT2D eigenvalue weighted by Crippen LogP contribution is 2.34. The first-order valence-corrected chi connectivity index (χ1v) is 6.96. The first-order chi connectivity index (χ1) is 9.22. The summed E-state index contributed by atoms with van der Waals surface area (Å²) in [6, 6.07) is 6.24. The van der Waals surface area contributed by atoms with E-state index in [4.69, 9.17) is 9.47 Å². The summed E-state index contributed by atoms with van der Waals surface area (Å²) < 4.78 is 10.7. The molecule has 1 aromatic carbocycles. The van der Waals surface area contributed by atoms with E-state index in [9.17, 15) is 0 Å². The fourth-order valence-electron chi connectivity index (χ4n) is 1.95. The van der Waals surface area contributed by atoms with Crippen molar-refractivity contribution in [3.05, 3.63) is 33.8 Å². The number of nitrogens with one attached hydrogen (secondary N) is 1. The summed E-state index contributed by atoms with van der Waals surface area (Å²) in [4.78, 5) is 0. The molecule has 2 aromatic rings. The van der Waals surface area contributed by atoms with E-state index in [2.05, 4.69) is 28.5 Å². The van der Waals surface area contributed by atoms with Gasteiger partial charge in [-0.05, 0) is 31.5 Å². The monoisotopic (exact) mass is 277 g/mol. The Balaban J connectivity index is 1.65. The zero-order valence-electron chi connectivity index (χ0n) is 10.8. The van der Waals surface area contributed by atoms with Crippen LogP contribution in [0.4, 0.5) is 0 Å². The van der Waals surface area contributed by atoms with Gasteiger partial charge in [0, 0.05) is 6.04 Å². The van der Waals surface area contributed by atoms with Crippen LogP contribution >= 0.6 is 11.3 Å². The van der Waals surface area contributed by atoms with Crippen LogP contribution in [0.15, 0.2) is 18.2 Å². The molecule has 0 spiro atoms. The summed E-state index contributed by atoms with van der Waals surface area (Å²) in [5.41, 5.74) is 1.17. The van der Waals surface area contributed by atoms with Gasteiger partial charge in [0.15, 0.2) is 11.5 Å². The van der Waals surface area contributed by atoms with Crippen LogP contribution in [0.25, 0.3) is 0 Å². The maximum absolute atomic E-state index is 5.39. The summed E-state index contributed by atoms with van der Waals surface area (Å²) in [6.07, 6.45) is 0. The van der Waals surface area contributed by atoms with Crippen LogP contribution in [0.3, 0.4) is 0 Å². The van der Waals surface area contributed by atoms with Gasteiger partial charge in [0.1, 0.15) is 10.0 Å². The lowest BCUT2D eigenvalue weighted by Gasteiger charge is -2.13. The molecule has 1 aliphatic rings. The number of benzene rings is 1. The lowest BCUT2D eigenvalue weighted by Crippen LogP contribution is -2.17. The Bertz CT molecular complexity index is 585. The fourth-order valence-corrected chi connectivity index (χ4v) is 2.61. The average molecular weight is 277 g/mol. The Morgan fingerprint density at radius 2 is 2.16 bits per heavy atom. The van der Waals surface area contributed by atoms with E-state index in [0.29, 0.717) is 6.79 Å². The van der Waals surface area contributed by atoms with Gasteiger partial charge in [0.2, 0.25) is 6.79 Å². The number of hydrogen-bond acceptors (Lipinski definition) is 6. The first kappa shape index (κ1) is 12.4. The maximum Gasteiger partial charge on any atom is 0.231 e. The van der Waals surface area contributed by atoms with Crippen molar-refractivity contribution < 1.29 is 9.47 Å². The molecule has 1 N–H and O–H groups in total. The van der Waals surface area contributed by atoms with Gasteiger partial charge < -0.3 is 14.8 Å². The van der Waals surface area contributed by atoms with Crippen molar-refractivity contribution in [3.8, 4) is 11.5 Å². The quantitative estimate of drug-likeness (QED) is 0.930. The predicted octanol–water partition coefficient (Wildman–Crippen LogP) is 2.43. The molecule has 1 atom stereocenters. The average Bonchev–Trinajstić information content (AvgIpc) is 3.03. The van der Waals surface area contributed by atoms with Crippen molar-refractivity contribution in [3.63, 3.8) is 0 Å². The second-order valence-electron chi connectivity index (χ2n) is 4.43. The summed E-state index contributed by atoms with van der Waals surface area (Å²) in [6.45, 7) is 5.11. The molecule has 0 radical (unpaired) electrons. The van der Waals surface area contributed by atoms with Crippen molar-refractivity contribution in [2.75, 3.05) is 6.79 Å². The highest BCUT2D eigenvalue weighted by atomic mass is 32.1. The molecule has 100 valence electrons. The van der Waals surface area contributed by atoms with Crippen molar-refractivity contribution in [1.29, 1.82) is 0 Å². The van der Waals surface area contributed by atoms with E-state index in [0.717, 1.165) is 28.1 Å². The zero-order chi connectivity index (χ0) is 13.2. The van der Waals surface area contributed by atoms with Gasteiger partial charge in [-0.25, -0.2) is 0 Å². The Hall–Kier alpha value is -1.66. The van der Waals surface area contributed by atoms with E-state index in [1.165, 1.54) is 5.56 Å². The predicted molar refractivity (Wildman–Crippen MR) is 72.5 cm³/mol. The molecule has 0 amide bonds. The van der Waals surface area contributed by atoms with Crippen molar-refractivity contribution in [1.82, 2.24) is 15.5 Å². The highest BCUT2D eigenvalue weighted by Gasteiger charge is 2.15. The third kappa shape index (κ3) is 2.69. The zero-order valence-corrected chi connectivity index (χ0v) is 11.7. The van der Waals surface area contributed by atoms with E-state index in [1.807, 2.05) is 19.1 Å². The molecule has 19 heavy (non-hydrogen) atoms. The van der Waals surface area contributed by atoms with Gasteiger partial charge in [-0.15, -0.1) is 21.5 Å². The smallest absolute Gasteiger partial charge is 0.231 e. The van der Waals surface area contributed by atoms with Crippen LogP contribution in [-0.4, -0.2) is 17.0 Å². The summed E-state index contributed by atoms with van der Waals surface area (Å²) >= 11 is 1.62. The van der Waals surface area contributed by atoms with Crippen LogP contribution in [0, 0.1) is 6.92 Å². The summed E-state index contributed by atoms with van der Waals surface area (Å²) in [7, 11) is 0. The van der Waals surface area contributed by atoms with Gasteiger partial charge in [-0.2, -0.15) is 0 Å². The molecule has 0 saturated carbocycles. The molecule has 1 aliphatic heterocycles. The third-order valence-electron chi connectivity index (χ3n) is 3.02. The standard InChI is InChI=1S/C13H15N3O2S/c1-8(14-6-13-16-15-9(2)19-13)10-3-4-11-12(5-10)18-7-17-11/h3-5,8,14H,6-7H2,1-2H3. The molecule has 1 unspecified atom stereocenters. The van der Waals surface area contributed by atoms with Crippen molar-refractivity contribution in [2.24, 2.45) is 0 Å². The Morgan fingerprint density at radius 3 is 2.95 bits per heavy atom. The second-order valence-corrected chi connectivity index (χ2v) is 5.70. The lowest BCUT2D eigenvalue weighted by molar-refractivity contribution is 0.174. The molecule has 0 aliphatic carbocycles. The Labute approximate surface area is 115 Å². The minimum Gasteiger partial charge on any atom is -0.454 e. The molecule has 6 heteroatoms. The topological polar surface area (TPSA) is 56.3 Å². The summed E-state index contributed by atoms with van der Waals surface area (Å²) in [5, 5.41) is 13.5. The minimum absolute atomic E-state index is 0.221. The SMILES string of the molecule is Cc1nnc(CNC(C)c2ccc3c(c2)OCO3)s1. The Kier molecular flexibility index (Phi) is 3.35. The number of ether oxygens (including phenoxy) is 2. The molecular formula is C13H15N3O2S. The van der Waals surface area contributed by atoms with E-state index >= 15 is 0 Å². The number of hydrogen-bond donors (Lipinski definition) is 1. The van der Waals surface area contributed by atoms with Crippen LogP contribution in [0.2, 0.25) is 0 Å². The third-order valence-corrected chi connectivity index (χ3v) is 3.86. The normalized spacial score (nSPS) is 14.6. The van der Waals surface area contributed by atoms with Gasteiger partial charge in [-0.3, -0.25) is 0 Å². The molecular weight excluding hydrogens is 262 g/mol. The van der Waals surface area contributed by atoms with Crippen LogP contribution in [0.5, 0.6) is 11.5 Å². The van der Waals surface area contributed by atoms with Crippen LogP contribution in [0.1, 0.15) is 28.5 Å². The first-order valence-electron chi connectivity index (χ1n) is 6.14.